The van der Waals surface area contributed by atoms with E-state index in [-0.39, 0.29) is 12.5 Å². The minimum absolute atomic E-state index is 0.199. The summed E-state index contributed by atoms with van der Waals surface area (Å²) in [6.07, 6.45) is 10.1. The topological polar surface area (TPSA) is 79.4 Å². The van der Waals surface area contributed by atoms with Crippen LogP contribution in [0.1, 0.15) is 32.1 Å². The number of hydrogen-bond acceptors (Lipinski definition) is 4. The molecule has 0 bridgehead atoms. The molecule has 1 aliphatic carbocycles. The molecule has 1 N–H and O–H groups in total. The van der Waals surface area contributed by atoms with Crippen molar-refractivity contribution in [1.29, 1.82) is 0 Å². The van der Waals surface area contributed by atoms with E-state index < -0.39 is 10.0 Å². The van der Waals surface area contributed by atoms with Gasteiger partial charge in [0.15, 0.2) is 0 Å². The number of anilines is 1. The molecular weight excluding hydrogens is 362 g/mol. The first-order valence-electron chi connectivity index (χ1n) is 9.20. The first-order chi connectivity index (χ1) is 12.9. The Kier molecular flexibility index (Phi) is 6.23. The van der Waals surface area contributed by atoms with Gasteiger partial charge < -0.3 is 5.32 Å². The third kappa shape index (κ3) is 5.37. The van der Waals surface area contributed by atoms with Crippen molar-refractivity contribution in [2.45, 2.75) is 32.1 Å². The van der Waals surface area contributed by atoms with Gasteiger partial charge in [0.2, 0.25) is 15.9 Å². The molecule has 0 fully saturated rings. The first kappa shape index (κ1) is 19.5. The molecule has 1 aromatic heterocycles. The molecule has 0 unspecified atom stereocenters. The number of nitrogens with zero attached hydrogens (tertiary/aromatic N) is 2. The van der Waals surface area contributed by atoms with Crippen LogP contribution in [-0.2, 0) is 14.8 Å². The van der Waals surface area contributed by atoms with Gasteiger partial charge in [-0.3, -0.25) is 9.78 Å². The molecule has 1 amide bonds. The SMILES string of the molecule is CS(=O)(=O)N(CCC1=CCCCC1)CC(=O)Nc1cccc2cccnc12. The van der Waals surface area contributed by atoms with Crippen LogP contribution in [0.4, 0.5) is 5.69 Å². The Morgan fingerprint density at radius 3 is 2.78 bits per heavy atom. The number of hydrogen-bond donors (Lipinski definition) is 1. The van der Waals surface area contributed by atoms with Crippen LogP contribution >= 0.6 is 0 Å². The quantitative estimate of drug-likeness (QED) is 0.739. The van der Waals surface area contributed by atoms with Crippen molar-refractivity contribution in [2.24, 2.45) is 0 Å². The van der Waals surface area contributed by atoms with E-state index in [2.05, 4.69) is 16.4 Å². The van der Waals surface area contributed by atoms with Crippen molar-refractivity contribution in [3.8, 4) is 0 Å². The van der Waals surface area contributed by atoms with Gasteiger partial charge in [-0.05, 0) is 44.2 Å². The highest BCUT2D eigenvalue weighted by Crippen LogP contribution is 2.22. The molecule has 0 radical (unpaired) electrons. The Labute approximate surface area is 160 Å². The summed E-state index contributed by atoms with van der Waals surface area (Å²) in [7, 11) is -3.47. The van der Waals surface area contributed by atoms with Crippen molar-refractivity contribution in [2.75, 3.05) is 24.7 Å². The second-order valence-electron chi connectivity index (χ2n) is 6.88. The molecule has 0 atom stereocenters. The number of fused-ring (bicyclic) bond motifs is 1. The maximum Gasteiger partial charge on any atom is 0.239 e. The van der Waals surface area contributed by atoms with Crippen molar-refractivity contribution < 1.29 is 13.2 Å². The third-order valence-corrected chi connectivity index (χ3v) is 6.01. The molecule has 1 aliphatic rings. The van der Waals surface area contributed by atoms with E-state index in [1.54, 1.807) is 12.3 Å². The zero-order chi connectivity index (χ0) is 19.3. The number of pyridine rings is 1. The number of nitrogens with one attached hydrogen (secondary N) is 1. The summed E-state index contributed by atoms with van der Waals surface area (Å²) >= 11 is 0. The highest BCUT2D eigenvalue weighted by molar-refractivity contribution is 7.88. The molecule has 144 valence electrons. The van der Waals surface area contributed by atoms with Gasteiger partial charge in [0, 0.05) is 18.1 Å². The number of carbonyl (C=O) groups is 1. The minimum Gasteiger partial charge on any atom is -0.323 e. The van der Waals surface area contributed by atoms with Gasteiger partial charge in [-0.15, -0.1) is 0 Å². The number of carbonyl (C=O) groups excluding carboxylic acids is 1. The summed E-state index contributed by atoms with van der Waals surface area (Å²) in [6.45, 7) is 0.126. The standard InChI is InChI=1S/C20H25N3O3S/c1-27(25,26)23(14-12-16-7-3-2-4-8-16)15-19(24)22-18-11-5-9-17-10-6-13-21-20(17)18/h5-7,9-11,13H,2-4,8,12,14-15H2,1H3,(H,22,24). The van der Waals surface area contributed by atoms with E-state index in [0.717, 1.165) is 30.9 Å². The van der Waals surface area contributed by atoms with Crippen molar-refractivity contribution in [3.05, 3.63) is 48.2 Å². The molecule has 6 nitrogen and oxygen atoms in total. The van der Waals surface area contributed by atoms with Crippen LogP contribution in [0.15, 0.2) is 48.2 Å². The number of para-hydroxylation sites is 1. The summed E-state index contributed by atoms with van der Waals surface area (Å²) in [4.78, 5) is 16.8. The molecular formula is C20H25N3O3S. The van der Waals surface area contributed by atoms with Crippen LogP contribution in [-0.4, -0.2) is 43.0 Å². The highest BCUT2D eigenvalue weighted by Gasteiger charge is 2.21. The van der Waals surface area contributed by atoms with E-state index in [1.807, 2.05) is 24.3 Å². The molecule has 2 aromatic rings. The summed E-state index contributed by atoms with van der Waals surface area (Å²) < 4.78 is 25.5. The lowest BCUT2D eigenvalue weighted by Crippen LogP contribution is -2.38. The lowest BCUT2D eigenvalue weighted by atomic mass is 9.97. The zero-order valence-electron chi connectivity index (χ0n) is 15.5. The van der Waals surface area contributed by atoms with Crippen LogP contribution < -0.4 is 5.32 Å². The Morgan fingerprint density at radius 2 is 2.04 bits per heavy atom. The normalized spacial score (nSPS) is 15.0. The van der Waals surface area contributed by atoms with Gasteiger partial charge in [-0.1, -0.05) is 29.8 Å². The number of amides is 1. The molecule has 7 heteroatoms. The van der Waals surface area contributed by atoms with Crippen LogP contribution in [0.5, 0.6) is 0 Å². The second kappa shape index (κ2) is 8.63. The first-order valence-corrected chi connectivity index (χ1v) is 11.0. The number of benzene rings is 1. The fraction of sp³-hybridized carbons (Fsp3) is 0.400. The van der Waals surface area contributed by atoms with Gasteiger partial charge in [-0.2, -0.15) is 4.31 Å². The predicted molar refractivity (Wildman–Crippen MR) is 108 cm³/mol. The number of sulfonamides is 1. The van der Waals surface area contributed by atoms with Gasteiger partial charge in [0.1, 0.15) is 0 Å². The van der Waals surface area contributed by atoms with Crippen LogP contribution in [0, 0.1) is 0 Å². The Morgan fingerprint density at radius 1 is 1.22 bits per heavy atom. The van der Waals surface area contributed by atoms with Crippen LogP contribution in [0.2, 0.25) is 0 Å². The monoisotopic (exact) mass is 387 g/mol. The molecule has 0 spiro atoms. The lowest BCUT2D eigenvalue weighted by Gasteiger charge is -2.21. The third-order valence-electron chi connectivity index (χ3n) is 4.76. The van der Waals surface area contributed by atoms with Gasteiger partial charge in [0.05, 0.1) is 24.0 Å². The van der Waals surface area contributed by atoms with E-state index in [1.165, 1.54) is 16.3 Å². The number of aromatic nitrogens is 1. The van der Waals surface area contributed by atoms with E-state index in [9.17, 15) is 13.2 Å². The summed E-state index contributed by atoms with van der Waals surface area (Å²) in [5, 5.41) is 3.72. The Hall–Kier alpha value is -2.25. The summed E-state index contributed by atoms with van der Waals surface area (Å²) in [5.74, 6) is -0.365. The maximum absolute atomic E-state index is 12.5. The second-order valence-corrected chi connectivity index (χ2v) is 8.87. The molecule has 1 heterocycles. The van der Waals surface area contributed by atoms with E-state index in [4.69, 9.17) is 0 Å². The molecule has 27 heavy (non-hydrogen) atoms. The van der Waals surface area contributed by atoms with Gasteiger partial charge >= 0.3 is 0 Å². The summed E-state index contributed by atoms with van der Waals surface area (Å²) in [6, 6.07) is 9.27. The van der Waals surface area contributed by atoms with Gasteiger partial charge in [-0.25, -0.2) is 8.42 Å². The highest BCUT2D eigenvalue weighted by atomic mass is 32.2. The van der Waals surface area contributed by atoms with E-state index >= 15 is 0 Å². The Balaban J connectivity index is 1.67. The summed E-state index contributed by atoms with van der Waals surface area (Å²) in [5.41, 5.74) is 2.56. The molecule has 3 rings (SSSR count). The van der Waals surface area contributed by atoms with E-state index in [0.29, 0.717) is 24.2 Å². The molecule has 0 saturated carbocycles. The smallest absolute Gasteiger partial charge is 0.239 e. The molecule has 0 saturated heterocycles. The number of rotatable bonds is 7. The van der Waals surface area contributed by atoms with Crippen molar-refractivity contribution in [3.63, 3.8) is 0 Å². The fourth-order valence-electron chi connectivity index (χ4n) is 3.32. The van der Waals surface area contributed by atoms with Crippen molar-refractivity contribution >= 4 is 32.5 Å². The predicted octanol–water partition coefficient (Wildman–Crippen LogP) is 3.33. The largest absolute Gasteiger partial charge is 0.323 e. The van der Waals surface area contributed by atoms with Crippen LogP contribution in [0.25, 0.3) is 10.9 Å². The number of allylic oxidation sites excluding steroid dienone is 1. The van der Waals surface area contributed by atoms with Crippen LogP contribution in [0.3, 0.4) is 0 Å². The maximum atomic E-state index is 12.5. The lowest BCUT2D eigenvalue weighted by molar-refractivity contribution is -0.116. The molecule has 0 aliphatic heterocycles. The van der Waals surface area contributed by atoms with Crippen molar-refractivity contribution in [1.82, 2.24) is 9.29 Å². The van der Waals surface area contributed by atoms with Gasteiger partial charge in [0.25, 0.3) is 0 Å². The average molecular weight is 388 g/mol. The fourth-order valence-corrected chi connectivity index (χ4v) is 4.09. The zero-order valence-corrected chi connectivity index (χ0v) is 16.3. The molecule has 1 aromatic carbocycles. The minimum atomic E-state index is -3.47. The Bertz CT molecular complexity index is 949. The average Bonchev–Trinajstić information content (AvgIpc) is 2.65.